The molecule has 0 aromatic rings. The number of amides is 1. The number of hydrogen-bond donors (Lipinski definition) is 2. The van der Waals surface area contributed by atoms with Gasteiger partial charge in [0.1, 0.15) is 16.8 Å². The van der Waals surface area contributed by atoms with E-state index in [1.165, 1.54) is 32.1 Å². The van der Waals surface area contributed by atoms with Gasteiger partial charge in [0.15, 0.2) is 0 Å². The lowest BCUT2D eigenvalue weighted by atomic mass is 10.1. The molecule has 11 nitrogen and oxygen atoms in total. The first-order valence-corrected chi connectivity index (χ1v) is 18.7. The SMILES string of the molecule is CC(C)(C)OC(=O)CN1CCCN(CCCCCCCCCCNC(=O)OC(C)(C)C)CCN(CC(=O)OC(C)(C)C)CCCNCC1. The summed E-state index contributed by atoms with van der Waals surface area (Å²) in [6.07, 6.45) is 10.9. The fourth-order valence-electron chi connectivity index (χ4n) is 5.60. The van der Waals surface area contributed by atoms with Crippen LogP contribution in [0.5, 0.6) is 0 Å². The highest BCUT2D eigenvalue weighted by Crippen LogP contribution is 2.12. The van der Waals surface area contributed by atoms with Crippen LogP contribution in [-0.2, 0) is 23.8 Å². The van der Waals surface area contributed by atoms with Gasteiger partial charge in [0.05, 0.1) is 13.1 Å². The third-order valence-corrected chi connectivity index (χ3v) is 7.73. The third-order valence-electron chi connectivity index (χ3n) is 7.73. The van der Waals surface area contributed by atoms with Crippen molar-refractivity contribution in [2.24, 2.45) is 0 Å². The minimum absolute atomic E-state index is 0.166. The Morgan fingerprint density at radius 1 is 0.542 bits per heavy atom. The molecule has 48 heavy (non-hydrogen) atoms. The van der Waals surface area contributed by atoms with Gasteiger partial charge < -0.3 is 29.7 Å². The minimum atomic E-state index is -0.489. The minimum Gasteiger partial charge on any atom is -0.459 e. The highest BCUT2D eigenvalue weighted by atomic mass is 16.6. The standard InChI is InChI=1S/C37H73N5O6/c1-35(2,3)46-32(43)30-41-26-19-25-40(23-17-15-13-11-10-12-14-16-21-39-34(45)48-37(7,8)9)28-29-42(24-18-20-38-22-27-41)31-33(44)47-36(4,5)6/h38H,10-31H2,1-9H3,(H,39,45). The summed E-state index contributed by atoms with van der Waals surface area (Å²) in [7, 11) is 0. The number of nitrogens with one attached hydrogen (secondary N) is 2. The molecule has 0 unspecified atom stereocenters. The van der Waals surface area contributed by atoms with Crippen LogP contribution in [0.15, 0.2) is 0 Å². The fourth-order valence-corrected chi connectivity index (χ4v) is 5.60. The van der Waals surface area contributed by atoms with Crippen molar-refractivity contribution in [1.29, 1.82) is 0 Å². The summed E-state index contributed by atoms with van der Waals surface area (Å²) in [6, 6.07) is 0. The molecule has 1 rings (SSSR count). The van der Waals surface area contributed by atoms with E-state index in [-0.39, 0.29) is 18.0 Å². The Labute approximate surface area is 293 Å². The van der Waals surface area contributed by atoms with E-state index in [1.807, 2.05) is 62.3 Å². The summed E-state index contributed by atoms with van der Waals surface area (Å²) in [4.78, 5) is 44.0. The Morgan fingerprint density at radius 3 is 1.56 bits per heavy atom. The van der Waals surface area contributed by atoms with Gasteiger partial charge in [-0.3, -0.25) is 19.4 Å². The highest BCUT2D eigenvalue weighted by molar-refractivity contribution is 5.72. The maximum atomic E-state index is 12.7. The van der Waals surface area contributed by atoms with Crippen LogP contribution in [0, 0.1) is 0 Å². The number of carbonyl (C=O) groups is 3. The maximum absolute atomic E-state index is 12.7. The summed E-state index contributed by atoms with van der Waals surface area (Å²) in [5.74, 6) is -0.337. The predicted octanol–water partition coefficient (Wildman–Crippen LogP) is 5.60. The molecule has 282 valence electrons. The number of esters is 2. The lowest BCUT2D eigenvalue weighted by molar-refractivity contribution is -0.157. The van der Waals surface area contributed by atoms with Gasteiger partial charge in [-0.1, -0.05) is 38.5 Å². The maximum Gasteiger partial charge on any atom is 0.407 e. The van der Waals surface area contributed by atoms with Crippen LogP contribution in [-0.4, -0.2) is 128 Å². The molecule has 0 aromatic heterocycles. The zero-order valence-corrected chi connectivity index (χ0v) is 32.3. The Balaban J connectivity index is 2.57. The summed E-state index contributed by atoms with van der Waals surface area (Å²) in [5, 5.41) is 6.36. The Bertz CT molecular complexity index is 896. The molecule has 0 aliphatic carbocycles. The van der Waals surface area contributed by atoms with Crippen molar-refractivity contribution in [2.75, 3.05) is 78.5 Å². The van der Waals surface area contributed by atoms with Gasteiger partial charge in [0, 0.05) is 39.3 Å². The van der Waals surface area contributed by atoms with Crippen LogP contribution in [0.3, 0.4) is 0 Å². The Kier molecular flexibility index (Phi) is 21.5. The molecule has 0 aromatic carbocycles. The molecule has 0 atom stereocenters. The normalized spacial score (nSPS) is 17.4. The molecular weight excluding hydrogens is 610 g/mol. The lowest BCUT2D eigenvalue weighted by Gasteiger charge is -2.30. The van der Waals surface area contributed by atoms with E-state index < -0.39 is 16.8 Å². The summed E-state index contributed by atoms with van der Waals surface area (Å²) in [5.41, 5.74) is -1.43. The lowest BCUT2D eigenvalue weighted by Crippen LogP contribution is -2.43. The van der Waals surface area contributed by atoms with Crippen LogP contribution in [0.4, 0.5) is 4.79 Å². The molecule has 1 amide bonds. The zero-order chi connectivity index (χ0) is 36.1. The molecule has 1 fully saturated rings. The third kappa shape index (κ3) is 26.9. The first-order valence-electron chi connectivity index (χ1n) is 18.7. The number of hydrogen-bond acceptors (Lipinski definition) is 10. The number of carbonyl (C=O) groups excluding carboxylic acids is 3. The van der Waals surface area contributed by atoms with Crippen molar-refractivity contribution < 1.29 is 28.6 Å². The average Bonchev–Trinajstić information content (AvgIpc) is 2.92. The van der Waals surface area contributed by atoms with E-state index in [0.29, 0.717) is 19.6 Å². The van der Waals surface area contributed by atoms with Gasteiger partial charge in [-0.05, 0) is 114 Å². The fraction of sp³-hybridized carbons (Fsp3) is 0.919. The van der Waals surface area contributed by atoms with Gasteiger partial charge in [0.25, 0.3) is 0 Å². The first-order chi connectivity index (χ1) is 22.4. The highest BCUT2D eigenvalue weighted by Gasteiger charge is 2.22. The predicted molar refractivity (Wildman–Crippen MR) is 194 cm³/mol. The molecule has 2 N–H and O–H groups in total. The van der Waals surface area contributed by atoms with E-state index in [9.17, 15) is 14.4 Å². The topological polar surface area (TPSA) is 113 Å². The number of rotatable bonds is 15. The van der Waals surface area contributed by atoms with E-state index >= 15 is 0 Å². The van der Waals surface area contributed by atoms with Crippen LogP contribution in [0.2, 0.25) is 0 Å². The summed E-state index contributed by atoms with van der Waals surface area (Å²) in [6.45, 7) is 26.2. The second-order valence-corrected chi connectivity index (χ2v) is 16.3. The van der Waals surface area contributed by atoms with Crippen LogP contribution >= 0.6 is 0 Å². The van der Waals surface area contributed by atoms with Crippen molar-refractivity contribution in [3.05, 3.63) is 0 Å². The van der Waals surface area contributed by atoms with Gasteiger partial charge in [0.2, 0.25) is 0 Å². The number of nitrogens with zero attached hydrogens (tertiary/aromatic N) is 3. The number of alkyl carbamates (subject to hydrolysis) is 1. The van der Waals surface area contributed by atoms with Crippen LogP contribution < -0.4 is 10.6 Å². The second-order valence-electron chi connectivity index (χ2n) is 16.3. The average molecular weight is 684 g/mol. The van der Waals surface area contributed by atoms with Gasteiger partial charge >= 0.3 is 18.0 Å². The van der Waals surface area contributed by atoms with Crippen LogP contribution in [0.1, 0.15) is 127 Å². The second kappa shape index (κ2) is 23.5. The molecule has 1 heterocycles. The molecule has 0 spiro atoms. The molecule has 1 aliphatic rings. The summed E-state index contributed by atoms with van der Waals surface area (Å²) < 4.78 is 16.5. The van der Waals surface area contributed by atoms with E-state index in [1.54, 1.807) is 0 Å². The van der Waals surface area contributed by atoms with Crippen molar-refractivity contribution in [2.45, 2.75) is 143 Å². The van der Waals surface area contributed by atoms with Crippen molar-refractivity contribution in [1.82, 2.24) is 25.3 Å². The first kappa shape index (κ1) is 44.1. The zero-order valence-electron chi connectivity index (χ0n) is 32.3. The summed E-state index contributed by atoms with van der Waals surface area (Å²) >= 11 is 0. The van der Waals surface area contributed by atoms with Crippen LogP contribution in [0.25, 0.3) is 0 Å². The molecule has 1 saturated heterocycles. The molecular formula is C37H73N5O6. The monoisotopic (exact) mass is 684 g/mol. The van der Waals surface area contributed by atoms with Crippen molar-refractivity contribution >= 4 is 18.0 Å². The van der Waals surface area contributed by atoms with E-state index in [4.69, 9.17) is 14.2 Å². The Morgan fingerprint density at radius 2 is 1.00 bits per heavy atom. The molecule has 0 radical (unpaired) electrons. The molecule has 1 aliphatic heterocycles. The molecule has 0 bridgehead atoms. The Hall–Kier alpha value is -1.95. The van der Waals surface area contributed by atoms with Gasteiger partial charge in [-0.2, -0.15) is 0 Å². The molecule has 11 heteroatoms. The smallest absolute Gasteiger partial charge is 0.407 e. The number of ether oxygens (including phenoxy) is 3. The van der Waals surface area contributed by atoms with Gasteiger partial charge in [-0.25, -0.2) is 4.79 Å². The largest absolute Gasteiger partial charge is 0.459 e. The van der Waals surface area contributed by atoms with Gasteiger partial charge in [-0.15, -0.1) is 0 Å². The molecule has 0 saturated carbocycles. The quantitative estimate of drug-likeness (QED) is 0.128. The van der Waals surface area contributed by atoms with E-state index in [0.717, 1.165) is 91.0 Å². The van der Waals surface area contributed by atoms with Crippen molar-refractivity contribution in [3.8, 4) is 0 Å². The number of unbranched alkanes of at least 4 members (excludes halogenated alkanes) is 7. The van der Waals surface area contributed by atoms with E-state index in [2.05, 4.69) is 25.3 Å². The van der Waals surface area contributed by atoms with Crippen molar-refractivity contribution in [3.63, 3.8) is 0 Å².